The fourth-order valence-corrected chi connectivity index (χ4v) is 3.31. The van der Waals surface area contributed by atoms with Gasteiger partial charge in [0.1, 0.15) is 11.5 Å². The summed E-state index contributed by atoms with van der Waals surface area (Å²) in [5.41, 5.74) is 0. The molecule has 0 aliphatic heterocycles. The Balaban J connectivity index is 3.06. The van der Waals surface area contributed by atoms with Crippen LogP contribution in [0.5, 0.6) is 0 Å². The van der Waals surface area contributed by atoms with Crippen LogP contribution in [0.3, 0.4) is 0 Å². The SMILES string of the molecule is CCCc1oc(CC)cc1[Si](C)(C)C. The number of furan rings is 1. The summed E-state index contributed by atoms with van der Waals surface area (Å²) in [5, 5.41) is 1.52. The zero-order valence-corrected chi connectivity index (χ0v) is 11.1. The normalized spacial score (nSPS) is 12.1. The molecule has 0 aromatic carbocycles. The van der Waals surface area contributed by atoms with E-state index in [1.807, 2.05) is 0 Å². The van der Waals surface area contributed by atoms with Crippen LogP contribution in [0.4, 0.5) is 0 Å². The first-order valence-corrected chi connectivity index (χ1v) is 9.11. The summed E-state index contributed by atoms with van der Waals surface area (Å²) in [6.07, 6.45) is 3.29. The highest BCUT2D eigenvalue weighted by Crippen LogP contribution is 2.14. The van der Waals surface area contributed by atoms with E-state index in [9.17, 15) is 0 Å². The van der Waals surface area contributed by atoms with E-state index in [1.54, 1.807) is 0 Å². The molecule has 14 heavy (non-hydrogen) atoms. The molecule has 1 rings (SSSR count). The molecule has 1 nitrogen and oxygen atoms in total. The first-order chi connectivity index (χ1) is 6.49. The van der Waals surface area contributed by atoms with Crippen molar-refractivity contribution >= 4 is 13.3 Å². The van der Waals surface area contributed by atoms with Crippen molar-refractivity contribution in [3.63, 3.8) is 0 Å². The minimum absolute atomic E-state index is 1.02. The van der Waals surface area contributed by atoms with Crippen LogP contribution in [0.25, 0.3) is 0 Å². The van der Waals surface area contributed by atoms with Crippen LogP contribution in [0, 0.1) is 0 Å². The van der Waals surface area contributed by atoms with Gasteiger partial charge in [0, 0.05) is 12.8 Å². The molecular weight excluding hydrogens is 188 g/mol. The van der Waals surface area contributed by atoms with Crippen molar-refractivity contribution in [3.8, 4) is 0 Å². The molecule has 0 N–H and O–H groups in total. The molecule has 0 aliphatic carbocycles. The Morgan fingerprint density at radius 2 is 1.86 bits per heavy atom. The summed E-state index contributed by atoms with van der Waals surface area (Å²) in [6.45, 7) is 11.5. The number of rotatable bonds is 4. The number of hydrogen-bond donors (Lipinski definition) is 0. The molecule has 1 aromatic rings. The third-order valence-corrected chi connectivity index (χ3v) is 4.53. The van der Waals surface area contributed by atoms with Gasteiger partial charge in [0.2, 0.25) is 0 Å². The quantitative estimate of drug-likeness (QED) is 0.695. The standard InChI is InChI=1S/C12H22OSi/c1-6-8-11-12(14(3,4)5)9-10(7-2)13-11/h9H,6-8H2,1-5H3. The lowest BCUT2D eigenvalue weighted by molar-refractivity contribution is 0.469. The second kappa shape index (κ2) is 4.35. The van der Waals surface area contributed by atoms with Crippen LogP contribution in [0.1, 0.15) is 31.8 Å². The third-order valence-electron chi connectivity index (χ3n) is 2.49. The lowest BCUT2D eigenvalue weighted by atomic mass is 10.3. The Kier molecular flexibility index (Phi) is 3.59. The molecule has 1 aromatic heterocycles. The van der Waals surface area contributed by atoms with Crippen molar-refractivity contribution in [2.45, 2.75) is 52.8 Å². The van der Waals surface area contributed by atoms with Gasteiger partial charge in [-0.05, 0) is 17.7 Å². The smallest absolute Gasteiger partial charge is 0.103 e. The Labute approximate surface area is 88.5 Å². The summed E-state index contributed by atoms with van der Waals surface area (Å²) < 4.78 is 5.87. The van der Waals surface area contributed by atoms with E-state index < -0.39 is 8.07 Å². The lowest BCUT2D eigenvalue weighted by Gasteiger charge is -2.15. The minimum Gasteiger partial charge on any atom is -0.466 e. The van der Waals surface area contributed by atoms with Crippen molar-refractivity contribution in [1.29, 1.82) is 0 Å². The van der Waals surface area contributed by atoms with Crippen LogP contribution in [0.2, 0.25) is 19.6 Å². The Morgan fingerprint density at radius 1 is 1.21 bits per heavy atom. The zero-order valence-electron chi connectivity index (χ0n) is 10.1. The van der Waals surface area contributed by atoms with E-state index in [2.05, 4.69) is 39.6 Å². The topological polar surface area (TPSA) is 13.1 Å². The highest BCUT2D eigenvalue weighted by molar-refractivity contribution is 6.89. The fraction of sp³-hybridized carbons (Fsp3) is 0.667. The van der Waals surface area contributed by atoms with Gasteiger partial charge in [-0.1, -0.05) is 33.5 Å². The van der Waals surface area contributed by atoms with Crippen LogP contribution in [-0.4, -0.2) is 8.07 Å². The highest BCUT2D eigenvalue weighted by atomic mass is 28.3. The van der Waals surface area contributed by atoms with Gasteiger partial charge in [-0.25, -0.2) is 0 Å². The minimum atomic E-state index is -1.20. The van der Waals surface area contributed by atoms with Gasteiger partial charge in [-0.3, -0.25) is 0 Å². The van der Waals surface area contributed by atoms with Crippen molar-refractivity contribution in [2.24, 2.45) is 0 Å². The molecule has 0 bridgehead atoms. The molecule has 0 saturated heterocycles. The van der Waals surface area contributed by atoms with Gasteiger partial charge in [0.25, 0.3) is 0 Å². The highest BCUT2D eigenvalue weighted by Gasteiger charge is 2.23. The van der Waals surface area contributed by atoms with Gasteiger partial charge < -0.3 is 4.42 Å². The molecule has 0 unspecified atom stereocenters. The maximum Gasteiger partial charge on any atom is 0.103 e. The third kappa shape index (κ3) is 2.50. The maximum atomic E-state index is 5.87. The summed E-state index contributed by atoms with van der Waals surface area (Å²) in [6, 6.07) is 2.29. The van der Waals surface area contributed by atoms with E-state index in [4.69, 9.17) is 4.42 Å². The van der Waals surface area contributed by atoms with Gasteiger partial charge in [-0.15, -0.1) is 0 Å². The number of hydrogen-bond acceptors (Lipinski definition) is 1. The predicted octanol–water partition coefficient (Wildman–Crippen LogP) is 3.34. The molecule has 0 saturated carbocycles. The second-order valence-electron chi connectivity index (χ2n) is 4.90. The molecule has 1 heterocycles. The molecule has 0 amide bonds. The van der Waals surface area contributed by atoms with Crippen molar-refractivity contribution in [1.82, 2.24) is 0 Å². The molecular formula is C12H22OSi. The zero-order chi connectivity index (χ0) is 10.8. The average Bonchev–Trinajstić information content (AvgIpc) is 2.48. The van der Waals surface area contributed by atoms with E-state index in [-0.39, 0.29) is 0 Å². The van der Waals surface area contributed by atoms with Gasteiger partial charge in [0.05, 0.1) is 8.07 Å². The van der Waals surface area contributed by atoms with Crippen LogP contribution < -0.4 is 5.19 Å². The average molecular weight is 210 g/mol. The van der Waals surface area contributed by atoms with Gasteiger partial charge >= 0.3 is 0 Å². The van der Waals surface area contributed by atoms with Crippen molar-refractivity contribution in [3.05, 3.63) is 17.6 Å². The van der Waals surface area contributed by atoms with Crippen LogP contribution >= 0.6 is 0 Å². The van der Waals surface area contributed by atoms with Gasteiger partial charge in [0.15, 0.2) is 0 Å². The first-order valence-electron chi connectivity index (χ1n) is 5.61. The summed E-state index contributed by atoms with van der Waals surface area (Å²) in [4.78, 5) is 0. The Morgan fingerprint density at radius 3 is 2.29 bits per heavy atom. The Bertz CT molecular complexity index is 294. The van der Waals surface area contributed by atoms with E-state index in [1.165, 1.54) is 17.4 Å². The van der Waals surface area contributed by atoms with Crippen molar-refractivity contribution in [2.75, 3.05) is 0 Å². The van der Waals surface area contributed by atoms with E-state index >= 15 is 0 Å². The van der Waals surface area contributed by atoms with Crippen LogP contribution in [0.15, 0.2) is 10.5 Å². The van der Waals surface area contributed by atoms with Crippen LogP contribution in [-0.2, 0) is 12.8 Å². The lowest BCUT2D eigenvalue weighted by Crippen LogP contribution is -2.38. The maximum absolute atomic E-state index is 5.87. The largest absolute Gasteiger partial charge is 0.466 e. The monoisotopic (exact) mass is 210 g/mol. The molecule has 0 radical (unpaired) electrons. The summed E-state index contributed by atoms with van der Waals surface area (Å²) in [5.74, 6) is 2.41. The molecule has 80 valence electrons. The van der Waals surface area contributed by atoms with Gasteiger partial charge in [-0.2, -0.15) is 0 Å². The van der Waals surface area contributed by atoms with Crippen molar-refractivity contribution < 1.29 is 4.42 Å². The predicted molar refractivity (Wildman–Crippen MR) is 65.1 cm³/mol. The summed E-state index contributed by atoms with van der Waals surface area (Å²) in [7, 11) is -1.20. The molecule has 0 atom stereocenters. The van der Waals surface area contributed by atoms with E-state index in [0.29, 0.717) is 0 Å². The molecule has 0 spiro atoms. The molecule has 0 aliphatic rings. The second-order valence-corrected chi connectivity index (χ2v) is 9.94. The molecule has 2 heteroatoms. The first kappa shape index (κ1) is 11.6. The fourth-order valence-electron chi connectivity index (χ4n) is 1.71. The van der Waals surface area contributed by atoms with E-state index in [0.717, 1.165) is 18.6 Å². The molecule has 0 fully saturated rings. The Hall–Kier alpha value is -0.503. The summed E-state index contributed by atoms with van der Waals surface area (Å²) >= 11 is 0. The number of aryl methyl sites for hydroxylation is 2.